The summed E-state index contributed by atoms with van der Waals surface area (Å²) in [4.78, 5) is 38.1. The monoisotopic (exact) mass is 375 g/mol. The first-order chi connectivity index (χ1) is 12.5. The fraction of sp³-hybridized carbons (Fsp3) is 0.278. The first kappa shape index (κ1) is 19.6. The van der Waals surface area contributed by atoms with Crippen LogP contribution in [-0.4, -0.2) is 49.0 Å². The highest BCUT2D eigenvalue weighted by Crippen LogP contribution is 2.22. The SMILES string of the molecule is CN(C)C(=O)CSc1ccccc1C(=O)NCC(=O)NCc1ccco1. The van der Waals surface area contributed by atoms with E-state index in [1.54, 1.807) is 50.5 Å². The summed E-state index contributed by atoms with van der Waals surface area (Å²) in [5.74, 6) is 0.154. The van der Waals surface area contributed by atoms with Crippen molar-refractivity contribution in [1.29, 1.82) is 0 Å². The van der Waals surface area contributed by atoms with Crippen molar-refractivity contribution < 1.29 is 18.8 Å². The Kier molecular flexibility index (Phi) is 7.28. The lowest BCUT2D eigenvalue weighted by Gasteiger charge is -2.12. The van der Waals surface area contributed by atoms with E-state index in [2.05, 4.69) is 10.6 Å². The van der Waals surface area contributed by atoms with Gasteiger partial charge in [0.2, 0.25) is 11.8 Å². The predicted molar refractivity (Wildman–Crippen MR) is 98.7 cm³/mol. The van der Waals surface area contributed by atoms with Crippen LogP contribution in [-0.2, 0) is 16.1 Å². The number of furan rings is 1. The third kappa shape index (κ3) is 5.96. The van der Waals surface area contributed by atoms with Gasteiger partial charge in [-0.1, -0.05) is 12.1 Å². The normalized spacial score (nSPS) is 10.2. The summed E-state index contributed by atoms with van der Waals surface area (Å²) in [6, 6.07) is 10.5. The molecular weight excluding hydrogens is 354 g/mol. The maximum absolute atomic E-state index is 12.4. The van der Waals surface area contributed by atoms with Gasteiger partial charge >= 0.3 is 0 Å². The molecule has 1 aromatic heterocycles. The molecule has 0 bridgehead atoms. The van der Waals surface area contributed by atoms with E-state index in [4.69, 9.17) is 4.42 Å². The van der Waals surface area contributed by atoms with Crippen molar-refractivity contribution in [3.8, 4) is 0 Å². The van der Waals surface area contributed by atoms with E-state index in [1.807, 2.05) is 0 Å². The van der Waals surface area contributed by atoms with Crippen molar-refractivity contribution in [3.05, 3.63) is 54.0 Å². The number of thioether (sulfide) groups is 1. The third-order valence-corrected chi connectivity index (χ3v) is 4.49. The molecule has 8 heteroatoms. The lowest BCUT2D eigenvalue weighted by molar-refractivity contribution is -0.125. The molecule has 0 spiro atoms. The van der Waals surface area contributed by atoms with Gasteiger partial charge < -0.3 is 20.0 Å². The Bertz CT molecular complexity index is 760. The van der Waals surface area contributed by atoms with Gasteiger partial charge in [0.25, 0.3) is 5.91 Å². The zero-order valence-corrected chi connectivity index (χ0v) is 15.5. The smallest absolute Gasteiger partial charge is 0.252 e. The standard InChI is InChI=1S/C18H21N3O4S/c1-21(2)17(23)12-26-15-8-4-3-7-14(15)18(24)20-11-16(22)19-10-13-6-5-9-25-13/h3-9H,10-12H2,1-2H3,(H,19,22)(H,20,24). The maximum atomic E-state index is 12.4. The molecule has 2 rings (SSSR count). The molecular formula is C18H21N3O4S. The molecule has 0 aliphatic carbocycles. The minimum Gasteiger partial charge on any atom is -0.467 e. The van der Waals surface area contributed by atoms with Crippen LogP contribution < -0.4 is 10.6 Å². The number of amides is 3. The number of hydrogen-bond acceptors (Lipinski definition) is 5. The van der Waals surface area contributed by atoms with Crippen LogP contribution in [0.1, 0.15) is 16.1 Å². The van der Waals surface area contributed by atoms with E-state index >= 15 is 0 Å². The molecule has 2 N–H and O–H groups in total. The van der Waals surface area contributed by atoms with Crippen LogP contribution in [0, 0.1) is 0 Å². The molecule has 138 valence electrons. The Morgan fingerprint density at radius 3 is 2.54 bits per heavy atom. The first-order valence-electron chi connectivity index (χ1n) is 7.96. The average Bonchev–Trinajstić information content (AvgIpc) is 3.16. The van der Waals surface area contributed by atoms with Crippen LogP contribution in [0.5, 0.6) is 0 Å². The molecule has 0 radical (unpaired) electrons. The maximum Gasteiger partial charge on any atom is 0.252 e. The largest absolute Gasteiger partial charge is 0.467 e. The molecule has 0 unspecified atom stereocenters. The molecule has 0 saturated carbocycles. The second-order valence-electron chi connectivity index (χ2n) is 5.61. The van der Waals surface area contributed by atoms with Gasteiger partial charge in [0.15, 0.2) is 0 Å². The molecule has 0 saturated heterocycles. The Labute approximate surface area is 156 Å². The highest BCUT2D eigenvalue weighted by molar-refractivity contribution is 8.00. The van der Waals surface area contributed by atoms with Crippen LogP contribution in [0.2, 0.25) is 0 Å². The number of nitrogens with one attached hydrogen (secondary N) is 2. The van der Waals surface area contributed by atoms with Crippen molar-refractivity contribution in [2.24, 2.45) is 0 Å². The number of hydrogen-bond donors (Lipinski definition) is 2. The van der Waals surface area contributed by atoms with Gasteiger partial charge in [-0.05, 0) is 24.3 Å². The van der Waals surface area contributed by atoms with Crippen LogP contribution in [0.15, 0.2) is 52.0 Å². The zero-order chi connectivity index (χ0) is 18.9. The molecule has 0 fully saturated rings. The molecule has 3 amide bonds. The Morgan fingerprint density at radius 2 is 1.85 bits per heavy atom. The summed E-state index contributed by atoms with van der Waals surface area (Å²) >= 11 is 1.29. The average molecular weight is 375 g/mol. The fourth-order valence-electron chi connectivity index (χ4n) is 1.97. The lowest BCUT2D eigenvalue weighted by atomic mass is 10.2. The second-order valence-corrected chi connectivity index (χ2v) is 6.63. The summed E-state index contributed by atoms with van der Waals surface area (Å²) < 4.78 is 5.12. The molecule has 0 atom stereocenters. The van der Waals surface area contributed by atoms with Crippen molar-refractivity contribution in [1.82, 2.24) is 15.5 Å². The number of nitrogens with zero attached hydrogens (tertiary/aromatic N) is 1. The minimum absolute atomic E-state index is 0.0393. The Hall–Kier alpha value is -2.74. The highest BCUT2D eigenvalue weighted by atomic mass is 32.2. The number of benzene rings is 1. The topological polar surface area (TPSA) is 91.7 Å². The van der Waals surface area contributed by atoms with E-state index < -0.39 is 0 Å². The van der Waals surface area contributed by atoms with Crippen LogP contribution in [0.25, 0.3) is 0 Å². The molecule has 1 aromatic carbocycles. The number of rotatable bonds is 8. The van der Waals surface area contributed by atoms with Gasteiger partial charge in [0.05, 0.1) is 30.7 Å². The molecule has 0 aliphatic heterocycles. The summed E-state index contributed by atoms with van der Waals surface area (Å²) in [6.07, 6.45) is 1.53. The van der Waals surface area contributed by atoms with E-state index in [1.165, 1.54) is 22.9 Å². The zero-order valence-electron chi connectivity index (χ0n) is 14.7. The Balaban J connectivity index is 1.86. The summed E-state index contributed by atoms with van der Waals surface area (Å²) in [5.41, 5.74) is 0.433. The minimum atomic E-state index is -0.362. The molecule has 2 aromatic rings. The van der Waals surface area contributed by atoms with Crippen molar-refractivity contribution in [3.63, 3.8) is 0 Å². The van der Waals surface area contributed by atoms with E-state index in [9.17, 15) is 14.4 Å². The predicted octanol–water partition coefficient (Wildman–Crippen LogP) is 1.51. The van der Waals surface area contributed by atoms with Gasteiger partial charge in [-0.25, -0.2) is 0 Å². The summed E-state index contributed by atoms with van der Waals surface area (Å²) in [5, 5.41) is 5.25. The summed E-state index contributed by atoms with van der Waals surface area (Å²) in [7, 11) is 3.37. The van der Waals surface area contributed by atoms with Crippen LogP contribution >= 0.6 is 11.8 Å². The quantitative estimate of drug-likeness (QED) is 0.683. The highest BCUT2D eigenvalue weighted by Gasteiger charge is 2.14. The summed E-state index contributed by atoms with van der Waals surface area (Å²) in [6.45, 7) is 0.121. The second kappa shape index (κ2) is 9.67. The van der Waals surface area contributed by atoms with Crippen LogP contribution in [0.3, 0.4) is 0 Å². The fourth-order valence-corrected chi connectivity index (χ4v) is 2.99. The van der Waals surface area contributed by atoms with Crippen molar-refractivity contribution >= 4 is 29.5 Å². The van der Waals surface area contributed by atoms with Gasteiger partial charge in [-0.15, -0.1) is 11.8 Å². The first-order valence-corrected chi connectivity index (χ1v) is 8.95. The van der Waals surface area contributed by atoms with Gasteiger partial charge in [0, 0.05) is 19.0 Å². The van der Waals surface area contributed by atoms with Crippen molar-refractivity contribution in [2.45, 2.75) is 11.4 Å². The van der Waals surface area contributed by atoms with E-state index in [-0.39, 0.29) is 36.6 Å². The van der Waals surface area contributed by atoms with Gasteiger partial charge in [0.1, 0.15) is 5.76 Å². The van der Waals surface area contributed by atoms with Gasteiger partial charge in [-0.2, -0.15) is 0 Å². The molecule has 7 nitrogen and oxygen atoms in total. The van der Waals surface area contributed by atoms with Gasteiger partial charge in [-0.3, -0.25) is 14.4 Å². The number of carbonyl (C=O) groups excluding carboxylic acids is 3. The van der Waals surface area contributed by atoms with Crippen molar-refractivity contribution in [2.75, 3.05) is 26.4 Å². The van der Waals surface area contributed by atoms with Crippen LogP contribution in [0.4, 0.5) is 0 Å². The molecule has 0 aliphatic rings. The third-order valence-electron chi connectivity index (χ3n) is 3.43. The lowest BCUT2D eigenvalue weighted by Crippen LogP contribution is -2.36. The molecule has 1 heterocycles. The van der Waals surface area contributed by atoms with E-state index in [0.717, 1.165) is 0 Å². The molecule has 26 heavy (non-hydrogen) atoms. The Morgan fingerprint density at radius 1 is 1.08 bits per heavy atom. The number of carbonyl (C=O) groups is 3. The van der Waals surface area contributed by atoms with E-state index in [0.29, 0.717) is 16.2 Å².